The van der Waals surface area contributed by atoms with E-state index in [1.54, 1.807) is 6.07 Å². The monoisotopic (exact) mass is 222 g/mol. The maximum atomic E-state index is 9.11. The van der Waals surface area contributed by atoms with Gasteiger partial charge in [0, 0.05) is 18.7 Å². The molecule has 0 atom stereocenters. The molecule has 0 aliphatic heterocycles. The molecule has 88 valence electrons. The van der Waals surface area contributed by atoms with E-state index in [4.69, 9.17) is 10.8 Å². The lowest BCUT2D eigenvalue weighted by molar-refractivity contribution is 0.297. The van der Waals surface area contributed by atoms with Gasteiger partial charge in [-0.15, -0.1) is 0 Å². The van der Waals surface area contributed by atoms with Crippen molar-refractivity contribution in [3.05, 3.63) is 12.4 Å². The number of aliphatic hydroxyl groups is 1. The predicted molar refractivity (Wildman–Crippen MR) is 63.1 cm³/mol. The van der Waals surface area contributed by atoms with Crippen LogP contribution in [-0.2, 0) is 0 Å². The molecule has 1 heterocycles. The summed E-state index contributed by atoms with van der Waals surface area (Å²) in [6.45, 7) is 0.752. The van der Waals surface area contributed by atoms with Gasteiger partial charge in [0.1, 0.15) is 18.0 Å². The molecule has 1 aliphatic rings. The summed E-state index contributed by atoms with van der Waals surface area (Å²) >= 11 is 0. The van der Waals surface area contributed by atoms with Crippen molar-refractivity contribution < 1.29 is 5.11 Å². The molecule has 3 N–H and O–H groups in total. The summed E-state index contributed by atoms with van der Waals surface area (Å²) in [7, 11) is 0. The van der Waals surface area contributed by atoms with Crippen molar-refractivity contribution >= 4 is 11.6 Å². The largest absolute Gasteiger partial charge is 0.395 e. The summed E-state index contributed by atoms with van der Waals surface area (Å²) in [6, 6.07) is 2.26. The van der Waals surface area contributed by atoms with Crippen molar-refractivity contribution in [3.63, 3.8) is 0 Å². The van der Waals surface area contributed by atoms with Crippen LogP contribution >= 0.6 is 0 Å². The van der Waals surface area contributed by atoms with Gasteiger partial charge in [0.2, 0.25) is 0 Å². The number of aromatic nitrogens is 2. The molecule has 1 saturated carbocycles. The maximum Gasteiger partial charge on any atom is 0.134 e. The second-order valence-electron chi connectivity index (χ2n) is 4.16. The van der Waals surface area contributed by atoms with E-state index in [0.717, 1.165) is 5.82 Å². The van der Waals surface area contributed by atoms with Crippen LogP contribution in [0.1, 0.15) is 25.7 Å². The first-order valence-electron chi connectivity index (χ1n) is 5.76. The molecule has 0 saturated heterocycles. The van der Waals surface area contributed by atoms with Gasteiger partial charge in [-0.05, 0) is 12.8 Å². The lowest BCUT2D eigenvalue weighted by atomic mass is 10.2. The Kier molecular flexibility index (Phi) is 3.56. The first-order chi connectivity index (χ1) is 7.81. The summed E-state index contributed by atoms with van der Waals surface area (Å²) in [6.07, 6.45) is 6.33. The molecule has 5 nitrogen and oxygen atoms in total. The van der Waals surface area contributed by atoms with E-state index < -0.39 is 0 Å². The van der Waals surface area contributed by atoms with Crippen LogP contribution in [-0.4, -0.2) is 34.3 Å². The second kappa shape index (κ2) is 5.12. The molecule has 16 heavy (non-hydrogen) atoms. The molecule has 1 aliphatic carbocycles. The topological polar surface area (TPSA) is 75.3 Å². The molecule has 2 rings (SSSR count). The van der Waals surface area contributed by atoms with Gasteiger partial charge in [0.25, 0.3) is 0 Å². The highest BCUT2D eigenvalue weighted by Gasteiger charge is 2.23. The van der Waals surface area contributed by atoms with Crippen LogP contribution in [0, 0.1) is 0 Å². The highest BCUT2D eigenvalue weighted by molar-refractivity contribution is 5.46. The molecule has 0 spiro atoms. The van der Waals surface area contributed by atoms with Crippen LogP contribution in [0.2, 0.25) is 0 Å². The van der Waals surface area contributed by atoms with E-state index in [-0.39, 0.29) is 6.61 Å². The third-order valence-corrected chi connectivity index (χ3v) is 3.07. The van der Waals surface area contributed by atoms with E-state index in [9.17, 15) is 0 Å². The third kappa shape index (κ3) is 2.41. The zero-order chi connectivity index (χ0) is 11.4. The van der Waals surface area contributed by atoms with E-state index >= 15 is 0 Å². The highest BCUT2D eigenvalue weighted by Crippen LogP contribution is 2.27. The molecular formula is C11H18N4O. The highest BCUT2D eigenvalue weighted by atomic mass is 16.3. The van der Waals surface area contributed by atoms with Crippen molar-refractivity contribution in [2.24, 2.45) is 0 Å². The van der Waals surface area contributed by atoms with Gasteiger partial charge in [0.05, 0.1) is 6.61 Å². The van der Waals surface area contributed by atoms with Crippen LogP contribution in [0.3, 0.4) is 0 Å². The number of hydrogen-bond donors (Lipinski definition) is 2. The Morgan fingerprint density at radius 2 is 2.12 bits per heavy atom. The average Bonchev–Trinajstić information content (AvgIpc) is 2.79. The number of hydrogen-bond acceptors (Lipinski definition) is 5. The van der Waals surface area contributed by atoms with E-state index in [1.165, 1.54) is 32.0 Å². The molecule has 1 fully saturated rings. The number of nitrogen functional groups attached to an aromatic ring is 1. The summed E-state index contributed by atoms with van der Waals surface area (Å²) in [5, 5.41) is 9.11. The molecule has 0 radical (unpaired) electrons. The molecule has 0 amide bonds. The quantitative estimate of drug-likeness (QED) is 0.788. The number of anilines is 2. The normalized spacial score (nSPS) is 16.6. The van der Waals surface area contributed by atoms with Gasteiger partial charge in [0.15, 0.2) is 0 Å². The molecule has 1 aromatic heterocycles. The number of nitrogens with two attached hydrogens (primary N) is 1. The summed E-state index contributed by atoms with van der Waals surface area (Å²) < 4.78 is 0. The van der Waals surface area contributed by atoms with Crippen molar-refractivity contribution in [1.29, 1.82) is 0 Å². The van der Waals surface area contributed by atoms with Crippen molar-refractivity contribution in [2.75, 3.05) is 23.8 Å². The van der Waals surface area contributed by atoms with Crippen LogP contribution in [0.15, 0.2) is 12.4 Å². The second-order valence-corrected chi connectivity index (χ2v) is 4.16. The lowest BCUT2D eigenvalue weighted by Gasteiger charge is -2.29. The average molecular weight is 222 g/mol. The van der Waals surface area contributed by atoms with Crippen molar-refractivity contribution in [2.45, 2.75) is 31.7 Å². The number of rotatable bonds is 4. The molecule has 0 bridgehead atoms. The van der Waals surface area contributed by atoms with E-state index in [0.29, 0.717) is 18.4 Å². The van der Waals surface area contributed by atoms with Crippen LogP contribution < -0.4 is 10.6 Å². The Morgan fingerprint density at radius 1 is 1.38 bits per heavy atom. The fourth-order valence-electron chi connectivity index (χ4n) is 2.33. The van der Waals surface area contributed by atoms with E-state index in [2.05, 4.69) is 14.9 Å². The van der Waals surface area contributed by atoms with Gasteiger partial charge in [-0.3, -0.25) is 0 Å². The fraction of sp³-hybridized carbons (Fsp3) is 0.636. The minimum Gasteiger partial charge on any atom is -0.395 e. The van der Waals surface area contributed by atoms with Crippen LogP contribution in [0.5, 0.6) is 0 Å². The van der Waals surface area contributed by atoms with Gasteiger partial charge < -0.3 is 15.7 Å². The molecule has 1 aromatic rings. The first-order valence-corrected chi connectivity index (χ1v) is 5.76. The smallest absolute Gasteiger partial charge is 0.134 e. The Morgan fingerprint density at radius 3 is 2.75 bits per heavy atom. The number of aliphatic hydroxyl groups excluding tert-OH is 1. The zero-order valence-electron chi connectivity index (χ0n) is 9.34. The van der Waals surface area contributed by atoms with Gasteiger partial charge in [-0.25, -0.2) is 9.97 Å². The fourth-order valence-corrected chi connectivity index (χ4v) is 2.33. The van der Waals surface area contributed by atoms with Gasteiger partial charge in [-0.1, -0.05) is 12.8 Å². The summed E-state index contributed by atoms with van der Waals surface area (Å²) in [5.74, 6) is 1.30. The Balaban J connectivity index is 2.17. The molecule has 0 unspecified atom stereocenters. The Hall–Kier alpha value is -1.36. The minimum absolute atomic E-state index is 0.139. The summed E-state index contributed by atoms with van der Waals surface area (Å²) in [5.41, 5.74) is 5.65. The molecular weight excluding hydrogens is 204 g/mol. The van der Waals surface area contributed by atoms with Crippen LogP contribution in [0.25, 0.3) is 0 Å². The Bertz CT molecular complexity index is 339. The van der Waals surface area contributed by atoms with Gasteiger partial charge in [-0.2, -0.15) is 0 Å². The number of nitrogens with zero attached hydrogens (tertiary/aromatic N) is 3. The zero-order valence-corrected chi connectivity index (χ0v) is 9.34. The minimum atomic E-state index is 0.139. The lowest BCUT2D eigenvalue weighted by Crippen LogP contribution is -2.36. The van der Waals surface area contributed by atoms with Crippen molar-refractivity contribution in [1.82, 2.24) is 9.97 Å². The SMILES string of the molecule is Nc1cc(N(CCO)C2CCCC2)ncn1. The molecule has 5 heteroatoms. The van der Waals surface area contributed by atoms with Crippen molar-refractivity contribution in [3.8, 4) is 0 Å². The third-order valence-electron chi connectivity index (χ3n) is 3.07. The predicted octanol–water partition coefficient (Wildman–Crippen LogP) is 0.800. The maximum absolute atomic E-state index is 9.11. The molecule has 0 aromatic carbocycles. The first kappa shape index (κ1) is 11.1. The van der Waals surface area contributed by atoms with Crippen LogP contribution in [0.4, 0.5) is 11.6 Å². The standard InChI is InChI=1S/C11H18N4O/c12-10-7-11(14-8-13-10)15(5-6-16)9-3-1-2-4-9/h7-9,16H,1-6H2,(H2,12,13,14). The van der Waals surface area contributed by atoms with Gasteiger partial charge >= 0.3 is 0 Å². The Labute approximate surface area is 95.3 Å². The van der Waals surface area contributed by atoms with E-state index in [1.807, 2.05) is 0 Å². The summed E-state index contributed by atoms with van der Waals surface area (Å²) in [4.78, 5) is 10.3.